The van der Waals surface area contributed by atoms with Crippen molar-refractivity contribution in [2.24, 2.45) is 7.05 Å². The van der Waals surface area contributed by atoms with Gasteiger partial charge in [-0.2, -0.15) is 0 Å². The van der Waals surface area contributed by atoms with Gasteiger partial charge in [0.25, 0.3) is 23.3 Å². The van der Waals surface area contributed by atoms with Gasteiger partial charge in [0.2, 0.25) is 0 Å². The van der Waals surface area contributed by atoms with Crippen LogP contribution in [0.15, 0.2) is 88.3 Å². The Morgan fingerprint density at radius 2 is 1.63 bits per heavy atom. The molecule has 208 valence electrons. The van der Waals surface area contributed by atoms with E-state index in [0.29, 0.717) is 22.1 Å². The molecule has 3 aromatic carbocycles. The highest BCUT2D eigenvalue weighted by atomic mass is 35.5. The highest BCUT2D eigenvalue weighted by molar-refractivity contribution is 6.53. The number of imide groups is 1. The van der Waals surface area contributed by atoms with E-state index in [9.17, 15) is 19.2 Å². The predicted octanol–water partition coefficient (Wildman–Crippen LogP) is 4.83. The molecule has 1 aliphatic heterocycles. The molecule has 0 saturated heterocycles. The van der Waals surface area contributed by atoms with E-state index in [1.165, 1.54) is 30.0 Å². The lowest BCUT2D eigenvalue weighted by atomic mass is 10.1. The van der Waals surface area contributed by atoms with E-state index in [2.05, 4.69) is 10.6 Å². The van der Waals surface area contributed by atoms with Crippen LogP contribution >= 0.6 is 23.2 Å². The van der Waals surface area contributed by atoms with E-state index in [1.54, 1.807) is 55.1 Å². The summed E-state index contributed by atoms with van der Waals surface area (Å²) < 4.78 is 8.40. The van der Waals surface area contributed by atoms with Crippen LogP contribution in [0.25, 0.3) is 5.69 Å². The van der Waals surface area contributed by atoms with E-state index in [-0.39, 0.29) is 39.0 Å². The van der Waals surface area contributed by atoms with Gasteiger partial charge in [-0.15, -0.1) is 0 Å². The maximum Gasteiger partial charge on any atom is 0.295 e. The minimum absolute atomic E-state index is 0.133. The van der Waals surface area contributed by atoms with Crippen LogP contribution in [-0.2, 0) is 16.6 Å². The van der Waals surface area contributed by atoms with E-state index in [4.69, 9.17) is 27.9 Å². The Morgan fingerprint density at radius 1 is 0.902 bits per heavy atom. The van der Waals surface area contributed by atoms with Crippen molar-refractivity contribution in [3.63, 3.8) is 0 Å². The zero-order chi connectivity index (χ0) is 29.4. The highest BCUT2D eigenvalue weighted by Gasteiger charge is 2.40. The number of anilines is 3. The Balaban J connectivity index is 1.39. The zero-order valence-electron chi connectivity index (χ0n) is 22.1. The first-order chi connectivity index (χ1) is 19.6. The van der Waals surface area contributed by atoms with Gasteiger partial charge in [-0.3, -0.25) is 23.9 Å². The van der Waals surface area contributed by atoms with Crippen LogP contribution in [0.4, 0.5) is 17.1 Å². The first-order valence-corrected chi connectivity index (χ1v) is 13.0. The van der Waals surface area contributed by atoms with Crippen molar-refractivity contribution in [2.75, 3.05) is 22.6 Å². The average molecular weight is 592 g/mol. The molecule has 10 nitrogen and oxygen atoms in total. The molecule has 0 fully saturated rings. The number of benzene rings is 3. The number of nitrogens with zero attached hydrogens (tertiary/aromatic N) is 3. The number of hydrogen-bond donors (Lipinski definition) is 2. The fourth-order valence-corrected chi connectivity index (χ4v) is 4.83. The van der Waals surface area contributed by atoms with E-state index < -0.39 is 17.7 Å². The molecule has 3 amide bonds. The molecule has 4 aromatic rings. The standard InChI is InChI=1S/C29H23Cl2N5O5/c1-16-24(29(40)36(34(16)2)20-10-5-4-6-11-20)33-26(37)17-8-7-9-19(14-17)32-25-23(31)27(38)35(28(25)39)21-15-18(30)12-13-22(21)41-3/h4-15,32H,1-3H3,(H,33,37). The first kappa shape index (κ1) is 27.8. The van der Waals surface area contributed by atoms with Crippen molar-refractivity contribution in [3.8, 4) is 11.4 Å². The molecule has 5 rings (SSSR count). The molecule has 0 bridgehead atoms. The second-order valence-electron chi connectivity index (χ2n) is 9.05. The molecule has 1 aliphatic rings. The molecule has 0 saturated carbocycles. The Bertz CT molecular complexity index is 1810. The maximum absolute atomic E-state index is 13.3. The summed E-state index contributed by atoms with van der Waals surface area (Å²) in [4.78, 5) is 53.5. The molecule has 0 radical (unpaired) electrons. The summed E-state index contributed by atoms with van der Waals surface area (Å²) in [6.45, 7) is 1.73. The van der Waals surface area contributed by atoms with Crippen molar-refractivity contribution in [2.45, 2.75) is 6.92 Å². The summed E-state index contributed by atoms with van der Waals surface area (Å²) in [5.41, 5.74) is 1.43. The first-order valence-electron chi connectivity index (χ1n) is 12.3. The molecule has 2 N–H and O–H groups in total. The normalized spacial score (nSPS) is 13.1. The quantitative estimate of drug-likeness (QED) is 0.297. The number of carbonyl (C=O) groups is 3. The van der Waals surface area contributed by atoms with Crippen LogP contribution in [0.3, 0.4) is 0 Å². The average Bonchev–Trinajstić information content (AvgIpc) is 3.31. The van der Waals surface area contributed by atoms with Gasteiger partial charge < -0.3 is 15.4 Å². The second-order valence-corrected chi connectivity index (χ2v) is 9.86. The molecule has 0 aliphatic carbocycles. The number of ether oxygens (including phenoxy) is 1. The fraction of sp³-hybridized carbons (Fsp3) is 0.103. The summed E-state index contributed by atoms with van der Waals surface area (Å²) in [6.07, 6.45) is 0. The number of hydrogen-bond acceptors (Lipinski definition) is 6. The third-order valence-electron chi connectivity index (χ3n) is 6.60. The van der Waals surface area contributed by atoms with E-state index in [0.717, 1.165) is 4.90 Å². The van der Waals surface area contributed by atoms with Crippen molar-refractivity contribution in [3.05, 3.63) is 110 Å². The maximum atomic E-state index is 13.3. The third kappa shape index (κ3) is 4.99. The second kappa shape index (κ2) is 11.0. The van der Waals surface area contributed by atoms with Gasteiger partial charge >= 0.3 is 0 Å². The monoisotopic (exact) mass is 591 g/mol. The van der Waals surface area contributed by atoms with Gasteiger partial charge in [-0.1, -0.05) is 47.5 Å². The highest BCUT2D eigenvalue weighted by Crippen LogP contribution is 2.37. The van der Waals surface area contributed by atoms with Gasteiger partial charge in [0.15, 0.2) is 0 Å². The summed E-state index contributed by atoms with van der Waals surface area (Å²) in [6, 6.07) is 19.8. The van der Waals surface area contributed by atoms with Crippen LogP contribution < -0.4 is 25.8 Å². The van der Waals surface area contributed by atoms with Crippen molar-refractivity contribution >= 4 is 58.0 Å². The van der Waals surface area contributed by atoms with Crippen LogP contribution in [0, 0.1) is 6.92 Å². The summed E-state index contributed by atoms with van der Waals surface area (Å²) in [5.74, 6) is -1.78. The van der Waals surface area contributed by atoms with E-state index >= 15 is 0 Å². The Morgan fingerprint density at radius 3 is 2.34 bits per heavy atom. The van der Waals surface area contributed by atoms with Crippen LogP contribution in [0.5, 0.6) is 5.75 Å². The largest absolute Gasteiger partial charge is 0.495 e. The van der Waals surface area contributed by atoms with Gasteiger partial charge in [-0.05, 0) is 55.5 Å². The molecule has 41 heavy (non-hydrogen) atoms. The Labute approximate surface area is 244 Å². The third-order valence-corrected chi connectivity index (χ3v) is 7.18. The topological polar surface area (TPSA) is 115 Å². The molecule has 0 atom stereocenters. The Hall–Kier alpha value is -4.80. The van der Waals surface area contributed by atoms with Crippen LogP contribution in [0.2, 0.25) is 5.02 Å². The van der Waals surface area contributed by atoms with Crippen molar-refractivity contribution < 1.29 is 19.1 Å². The molecule has 1 aromatic heterocycles. The summed E-state index contributed by atoms with van der Waals surface area (Å²) >= 11 is 12.4. The lowest BCUT2D eigenvalue weighted by Crippen LogP contribution is -2.32. The number of rotatable bonds is 7. The molecule has 0 unspecified atom stereocenters. The lowest BCUT2D eigenvalue weighted by Gasteiger charge is -2.18. The number of para-hydroxylation sites is 1. The van der Waals surface area contributed by atoms with Gasteiger partial charge in [0.05, 0.1) is 24.2 Å². The summed E-state index contributed by atoms with van der Waals surface area (Å²) in [5, 5.41) is 5.51. The van der Waals surface area contributed by atoms with E-state index in [1.807, 2.05) is 18.2 Å². The van der Waals surface area contributed by atoms with Crippen LogP contribution in [0.1, 0.15) is 16.1 Å². The number of amides is 3. The Kier molecular flexibility index (Phi) is 7.44. The van der Waals surface area contributed by atoms with Crippen molar-refractivity contribution in [1.29, 1.82) is 0 Å². The van der Waals surface area contributed by atoms with Crippen molar-refractivity contribution in [1.82, 2.24) is 9.36 Å². The van der Waals surface area contributed by atoms with Gasteiger partial charge in [-0.25, -0.2) is 9.58 Å². The van der Waals surface area contributed by atoms with Crippen LogP contribution in [-0.4, -0.2) is 34.2 Å². The van der Waals surface area contributed by atoms with Gasteiger partial charge in [0, 0.05) is 23.3 Å². The van der Waals surface area contributed by atoms with Gasteiger partial charge in [0.1, 0.15) is 22.2 Å². The zero-order valence-corrected chi connectivity index (χ0v) is 23.6. The molecule has 12 heteroatoms. The SMILES string of the molecule is COc1ccc(Cl)cc1N1C(=O)C(Cl)=C(Nc2cccc(C(=O)Nc3c(C)n(C)n(-c4ccccc4)c3=O)c2)C1=O. The number of nitrogens with one attached hydrogen (secondary N) is 2. The number of halogens is 2. The minimum atomic E-state index is -0.761. The number of carbonyl (C=O) groups excluding carboxylic acids is 3. The number of methoxy groups -OCH3 is 1. The molecular weight excluding hydrogens is 569 g/mol. The molecular formula is C29H23Cl2N5O5. The fourth-order valence-electron chi connectivity index (χ4n) is 4.45. The smallest absolute Gasteiger partial charge is 0.295 e. The predicted molar refractivity (Wildman–Crippen MR) is 157 cm³/mol. The number of aromatic nitrogens is 2. The summed E-state index contributed by atoms with van der Waals surface area (Å²) in [7, 11) is 3.12. The molecule has 2 heterocycles. The lowest BCUT2D eigenvalue weighted by molar-refractivity contribution is -0.120. The minimum Gasteiger partial charge on any atom is -0.495 e. The molecule has 0 spiro atoms.